The highest BCUT2D eigenvalue weighted by Gasteiger charge is 2.34. The van der Waals surface area contributed by atoms with Gasteiger partial charge in [0.1, 0.15) is 18.4 Å². The first-order valence-electron chi connectivity index (χ1n) is 13.2. The zero-order valence-corrected chi connectivity index (χ0v) is 25.7. The Hall–Kier alpha value is -3.14. The molecule has 3 aromatic carbocycles. The van der Waals surface area contributed by atoms with Crippen LogP contribution in [-0.2, 0) is 26.2 Å². The van der Waals surface area contributed by atoms with Crippen molar-refractivity contribution in [2.45, 2.75) is 51.6 Å². The highest BCUT2D eigenvalue weighted by Crippen LogP contribution is 2.27. The van der Waals surface area contributed by atoms with Gasteiger partial charge in [0.25, 0.3) is 10.0 Å². The molecule has 0 saturated heterocycles. The van der Waals surface area contributed by atoms with Crippen molar-refractivity contribution in [3.63, 3.8) is 0 Å². The van der Waals surface area contributed by atoms with Gasteiger partial charge in [0.2, 0.25) is 11.8 Å². The molecule has 0 fully saturated rings. The number of nitrogens with zero attached hydrogens (tertiary/aromatic N) is 2. The van der Waals surface area contributed by atoms with Crippen LogP contribution in [0.1, 0.15) is 38.3 Å². The molecule has 0 aliphatic carbocycles. The number of anilines is 1. The fourth-order valence-corrected chi connectivity index (χ4v) is 6.03. The van der Waals surface area contributed by atoms with Crippen LogP contribution in [0.25, 0.3) is 0 Å². The van der Waals surface area contributed by atoms with Gasteiger partial charge in [0.05, 0.1) is 10.6 Å². The zero-order chi connectivity index (χ0) is 30.3. The number of halogens is 3. The van der Waals surface area contributed by atoms with Crippen molar-refractivity contribution in [2.75, 3.05) is 17.4 Å². The van der Waals surface area contributed by atoms with Gasteiger partial charge in [-0.25, -0.2) is 12.8 Å². The molecule has 0 aliphatic rings. The summed E-state index contributed by atoms with van der Waals surface area (Å²) < 4.78 is 42.4. The first-order valence-corrected chi connectivity index (χ1v) is 15.4. The summed E-state index contributed by atoms with van der Waals surface area (Å²) in [4.78, 5) is 28.6. The van der Waals surface area contributed by atoms with Gasteiger partial charge in [-0.3, -0.25) is 13.9 Å². The lowest BCUT2D eigenvalue weighted by atomic mass is 10.1. The Kier molecular flexibility index (Phi) is 11.2. The van der Waals surface area contributed by atoms with Crippen LogP contribution in [0.2, 0.25) is 10.0 Å². The molecule has 0 unspecified atom stereocenters. The molecule has 0 aliphatic heterocycles. The predicted molar refractivity (Wildman–Crippen MR) is 161 cm³/mol. The summed E-state index contributed by atoms with van der Waals surface area (Å²) >= 11 is 12.5. The van der Waals surface area contributed by atoms with Crippen LogP contribution in [0, 0.1) is 18.7 Å². The van der Waals surface area contributed by atoms with Gasteiger partial charge in [0.15, 0.2) is 0 Å². The molecule has 0 radical (unpaired) electrons. The Balaban J connectivity index is 2.06. The predicted octanol–water partition coefficient (Wildman–Crippen LogP) is 6.22. The molecular weight excluding hydrogens is 588 g/mol. The van der Waals surface area contributed by atoms with E-state index in [1.54, 1.807) is 31.2 Å². The lowest BCUT2D eigenvalue weighted by Gasteiger charge is -2.33. The highest BCUT2D eigenvalue weighted by atomic mass is 35.5. The van der Waals surface area contributed by atoms with Crippen LogP contribution in [0.4, 0.5) is 10.1 Å². The van der Waals surface area contributed by atoms with Crippen molar-refractivity contribution >= 4 is 50.7 Å². The van der Waals surface area contributed by atoms with E-state index in [1.165, 1.54) is 35.2 Å². The number of amides is 2. The van der Waals surface area contributed by atoms with E-state index in [2.05, 4.69) is 5.32 Å². The lowest BCUT2D eigenvalue weighted by Crippen LogP contribution is -2.52. The molecule has 220 valence electrons. The standard InChI is InChI=1S/C30H34Cl2FN3O4S/c1-5-28(30(38)34-17-20(2)3)35(18-22-8-9-23(31)16-27(22)32)29(37)19-36(25-12-10-24(33)11-13-25)41(39,40)26-14-6-21(4)7-15-26/h6-16,20,28H,5,17-19H2,1-4H3,(H,34,38)/t28-/m1/s1. The Morgan fingerprint density at radius 2 is 1.61 bits per heavy atom. The van der Waals surface area contributed by atoms with Crippen molar-refractivity contribution in [2.24, 2.45) is 5.92 Å². The normalized spacial score (nSPS) is 12.2. The Morgan fingerprint density at radius 3 is 2.17 bits per heavy atom. The van der Waals surface area contributed by atoms with E-state index < -0.39 is 34.3 Å². The molecule has 0 aromatic heterocycles. The molecule has 11 heteroatoms. The minimum atomic E-state index is -4.25. The summed E-state index contributed by atoms with van der Waals surface area (Å²) in [5.41, 5.74) is 1.49. The third-order valence-electron chi connectivity index (χ3n) is 6.43. The van der Waals surface area contributed by atoms with Gasteiger partial charge in [-0.15, -0.1) is 0 Å². The van der Waals surface area contributed by atoms with Crippen molar-refractivity contribution in [1.82, 2.24) is 10.2 Å². The largest absolute Gasteiger partial charge is 0.354 e. The molecule has 2 amide bonds. The SMILES string of the molecule is CC[C@H](C(=O)NCC(C)C)N(Cc1ccc(Cl)cc1Cl)C(=O)CN(c1ccc(F)cc1)S(=O)(=O)c1ccc(C)cc1. The van der Waals surface area contributed by atoms with Gasteiger partial charge in [-0.2, -0.15) is 0 Å². The van der Waals surface area contributed by atoms with Gasteiger partial charge in [0, 0.05) is 23.1 Å². The monoisotopic (exact) mass is 621 g/mol. The van der Waals surface area contributed by atoms with E-state index in [1.807, 2.05) is 20.8 Å². The van der Waals surface area contributed by atoms with Crippen LogP contribution in [0.3, 0.4) is 0 Å². The first kappa shape index (κ1) is 32.4. The summed E-state index contributed by atoms with van der Waals surface area (Å²) in [7, 11) is -4.25. The Labute approximate surface area is 251 Å². The number of aryl methyl sites for hydroxylation is 1. The summed E-state index contributed by atoms with van der Waals surface area (Å²) in [6.07, 6.45) is 0.266. The second-order valence-corrected chi connectivity index (χ2v) is 12.8. The smallest absolute Gasteiger partial charge is 0.264 e. The van der Waals surface area contributed by atoms with E-state index in [9.17, 15) is 22.4 Å². The van der Waals surface area contributed by atoms with Crippen LogP contribution < -0.4 is 9.62 Å². The van der Waals surface area contributed by atoms with Crippen LogP contribution >= 0.6 is 23.2 Å². The average Bonchev–Trinajstić information content (AvgIpc) is 2.92. The highest BCUT2D eigenvalue weighted by molar-refractivity contribution is 7.92. The van der Waals surface area contributed by atoms with Gasteiger partial charge in [-0.1, -0.05) is 67.7 Å². The summed E-state index contributed by atoms with van der Waals surface area (Å²) in [5, 5.41) is 3.58. The van der Waals surface area contributed by atoms with E-state index in [0.29, 0.717) is 22.2 Å². The molecule has 3 rings (SSSR count). The van der Waals surface area contributed by atoms with Gasteiger partial charge in [-0.05, 0) is 73.4 Å². The molecule has 0 saturated carbocycles. The van der Waals surface area contributed by atoms with E-state index in [0.717, 1.165) is 22.0 Å². The summed E-state index contributed by atoms with van der Waals surface area (Å²) in [5.74, 6) is -1.38. The molecule has 1 atom stereocenters. The van der Waals surface area contributed by atoms with Gasteiger partial charge >= 0.3 is 0 Å². The topological polar surface area (TPSA) is 86.8 Å². The lowest BCUT2D eigenvalue weighted by molar-refractivity contribution is -0.140. The maximum atomic E-state index is 14.0. The maximum absolute atomic E-state index is 14.0. The van der Waals surface area contributed by atoms with Gasteiger partial charge < -0.3 is 10.2 Å². The minimum absolute atomic E-state index is 0.0331. The number of sulfonamides is 1. The number of benzene rings is 3. The van der Waals surface area contributed by atoms with Crippen molar-refractivity contribution in [3.05, 3.63) is 93.7 Å². The summed E-state index contributed by atoms with van der Waals surface area (Å²) in [6.45, 7) is 7.20. The number of rotatable bonds is 12. The molecule has 1 N–H and O–H groups in total. The van der Waals surface area contributed by atoms with Crippen molar-refractivity contribution in [3.8, 4) is 0 Å². The number of carbonyl (C=O) groups excluding carboxylic acids is 2. The van der Waals surface area contributed by atoms with E-state index in [-0.39, 0.29) is 35.4 Å². The zero-order valence-electron chi connectivity index (χ0n) is 23.4. The number of carbonyl (C=O) groups is 2. The van der Waals surface area contributed by atoms with Crippen molar-refractivity contribution < 1.29 is 22.4 Å². The molecule has 0 heterocycles. The number of nitrogens with one attached hydrogen (secondary N) is 1. The molecular formula is C30H34Cl2FN3O4S. The second kappa shape index (κ2) is 14.2. The van der Waals surface area contributed by atoms with E-state index in [4.69, 9.17) is 23.2 Å². The second-order valence-electron chi connectivity index (χ2n) is 10.1. The molecule has 0 bridgehead atoms. The molecule has 3 aromatic rings. The van der Waals surface area contributed by atoms with E-state index >= 15 is 0 Å². The van der Waals surface area contributed by atoms with Crippen LogP contribution in [-0.4, -0.2) is 44.3 Å². The number of hydrogen-bond donors (Lipinski definition) is 1. The Bertz CT molecular complexity index is 1470. The molecule has 41 heavy (non-hydrogen) atoms. The number of hydrogen-bond acceptors (Lipinski definition) is 4. The Morgan fingerprint density at radius 1 is 0.976 bits per heavy atom. The molecule has 0 spiro atoms. The van der Waals surface area contributed by atoms with Crippen LogP contribution in [0.5, 0.6) is 0 Å². The first-order chi connectivity index (χ1) is 19.3. The average molecular weight is 623 g/mol. The maximum Gasteiger partial charge on any atom is 0.264 e. The quantitative estimate of drug-likeness (QED) is 0.260. The third kappa shape index (κ3) is 8.44. The fourth-order valence-electron chi connectivity index (χ4n) is 4.15. The molecule has 7 nitrogen and oxygen atoms in total. The third-order valence-corrected chi connectivity index (χ3v) is 8.80. The fraction of sp³-hybridized carbons (Fsp3) is 0.333. The van der Waals surface area contributed by atoms with Crippen molar-refractivity contribution in [1.29, 1.82) is 0 Å². The van der Waals surface area contributed by atoms with Crippen LogP contribution in [0.15, 0.2) is 71.6 Å². The minimum Gasteiger partial charge on any atom is -0.354 e. The summed E-state index contributed by atoms with van der Waals surface area (Å²) in [6, 6.07) is 14.9.